The average molecular weight is 245 g/mol. The van der Waals surface area contributed by atoms with E-state index in [1.807, 2.05) is 13.8 Å². The molecule has 0 aromatic carbocycles. The predicted molar refractivity (Wildman–Crippen MR) is 65.1 cm³/mol. The molecule has 6 nitrogen and oxygen atoms in total. The zero-order chi connectivity index (χ0) is 12.9. The Balaban J connectivity index is 2.24. The van der Waals surface area contributed by atoms with Crippen LogP contribution >= 0.6 is 0 Å². The quantitative estimate of drug-likeness (QED) is 0.172. The van der Waals surface area contributed by atoms with Crippen molar-refractivity contribution in [1.29, 1.82) is 0 Å². The molecular formula is C11H23N3O3. The SMILES string of the molecule is CC(C)(CCNCC1(O)CCOC1)C(N)=NO. The first-order chi connectivity index (χ1) is 7.90. The molecule has 1 aliphatic rings. The third-order valence-corrected chi connectivity index (χ3v) is 3.26. The first-order valence-electron chi connectivity index (χ1n) is 5.88. The van der Waals surface area contributed by atoms with E-state index in [4.69, 9.17) is 15.7 Å². The van der Waals surface area contributed by atoms with Gasteiger partial charge in [0.1, 0.15) is 11.4 Å². The summed E-state index contributed by atoms with van der Waals surface area (Å²) < 4.78 is 5.15. The smallest absolute Gasteiger partial charge is 0.144 e. The number of hydrogen-bond donors (Lipinski definition) is 4. The summed E-state index contributed by atoms with van der Waals surface area (Å²) in [5.41, 5.74) is 4.50. The number of rotatable bonds is 6. The Labute approximate surface area is 102 Å². The maximum Gasteiger partial charge on any atom is 0.144 e. The molecule has 0 aromatic heterocycles. The van der Waals surface area contributed by atoms with E-state index >= 15 is 0 Å². The molecule has 100 valence electrons. The molecule has 5 N–H and O–H groups in total. The van der Waals surface area contributed by atoms with Crippen molar-refractivity contribution in [2.75, 3.05) is 26.3 Å². The zero-order valence-corrected chi connectivity index (χ0v) is 10.6. The molecule has 0 aliphatic carbocycles. The van der Waals surface area contributed by atoms with Crippen LogP contribution in [-0.4, -0.2) is 48.1 Å². The van der Waals surface area contributed by atoms with Crippen LogP contribution in [0.5, 0.6) is 0 Å². The van der Waals surface area contributed by atoms with Gasteiger partial charge in [0.2, 0.25) is 0 Å². The molecule has 17 heavy (non-hydrogen) atoms. The molecule has 1 unspecified atom stereocenters. The summed E-state index contributed by atoms with van der Waals surface area (Å²) in [6.07, 6.45) is 1.41. The molecule has 1 saturated heterocycles. The fourth-order valence-electron chi connectivity index (χ4n) is 1.72. The third-order valence-electron chi connectivity index (χ3n) is 3.26. The Morgan fingerprint density at radius 3 is 2.82 bits per heavy atom. The van der Waals surface area contributed by atoms with E-state index in [9.17, 15) is 5.11 Å². The van der Waals surface area contributed by atoms with Crippen LogP contribution in [0.3, 0.4) is 0 Å². The van der Waals surface area contributed by atoms with Crippen molar-refractivity contribution in [2.24, 2.45) is 16.3 Å². The van der Waals surface area contributed by atoms with Gasteiger partial charge in [-0.05, 0) is 13.0 Å². The maximum absolute atomic E-state index is 10.0. The number of oxime groups is 1. The number of hydrogen-bond acceptors (Lipinski definition) is 5. The minimum Gasteiger partial charge on any atom is -0.409 e. The highest BCUT2D eigenvalue weighted by molar-refractivity contribution is 5.85. The highest BCUT2D eigenvalue weighted by Crippen LogP contribution is 2.20. The normalized spacial score (nSPS) is 26.4. The van der Waals surface area contributed by atoms with Crippen LogP contribution in [0.15, 0.2) is 5.16 Å². The summed E-state index contributed by atoms with van der Waals surface area (Å²) >= 11 is 0. The highest BCUT2D eigenvalue weighted by atomic mass is 16.5. The maximum atomic E-state index is 10.0. The van der Waals surface area contributed by atoms with Gasteiger partial charge >= 0.3 is 0 Å². The number of amidine groups is 1. The van der Waals surface area contributed by atoms with Gasteiger partial charge in [0, 0.05) is 25.0 Å². The van der Waals surface area contributed by atoms with Crippen LogP contribution in [0.4, 0.5) is 0 Å². The van der Waals surface area contributed by atoms with Gasteiger partial charge in [-0.25, -0.2) is 0 Å². The summed E-state index contributed by atoms with van der Waals surface area (Å²) in [4.78, 5) is 0. The van der Waals surface area contributed by atoms with Gasteiger partial charge in [-0.2, -0.15) is 0 Å². The van der Waals surface area contributed by atoms with Crippen LogP contribution < -0.4 is 11.1 Å². The van der Waals surface area contributed by atoms with E-state index in [1.54, 1.807) is 0 Å². The fraction of sp³-hybridized carbons (Fsp3) is 0.909. The summed E-state index contributed by atoms with van der Waals surface area (Å²) in [5, 5.41) is 24.8. The lowest BCUT2D eigenvalue weighted by atomic mass is 9.88. The summed E-state index contributed by atoms with van der Waals surface area (Å²) in [7, 11) is 0. The summed E-state index contributed by atoms with van der Waals surface area (Å²) in [6, 6.07) is 0. The molecule has 0 spiro atoms. The molecule has 0 amide bonds. The Morgan fingerprint density at radius 2 is 2.29 bits per heavy atom. The van der Waals surface area contributed by atoms with Gasteiger partial charge in [0.05, 0.1) is 6.61 Å². The molecule has 1 heterocycles. The standard InChI is InChI=1S/C11H23N3O3/c1-10(2,9(12)14-16)3-5-13-7-11(15)4-6-17-8-11/h13,15-16H,3-8H2,1-2H3,(H2,12,14). The van der Waals surface area contributed by atoms with Crippen molar-refractivity contribution in [2.45, 2.75) is 32.3 Å². The van der Waals surface area contributed by atoms with Crippen LogP contribution in [0.1, 0.15) is 26.7 Å². The highest BCUT2D eigenvalue weighted by Gasteiger charge is 2.32. The minimum absolute atomic E-state index is 0.224. The van der Waals surface area contributed by atoms with Gasteiger partial charge < -0.3 is 26.1 Å². The largest absolute Gasteiger partial charge is 0.409 e. The van der Waals surface area contributed by atoms with Crippen molar-refractivity contribution in [1.82, 2.24) is 5.32 Å². The van der Waals surface area contributed by atoms with E-state index in [0.29, 0.717) is 32.7 Å². The molecule has 1 aliphatic heterocycles. The number of ether oxygens (including phenoxy) is 1. The lowest BCUT2D eigenvalue weighted by Crippen LogP contribution is -2.43. The first kappa shape index (κ1) is 14.2. The molecule has 1 rings (SSSR count). The van der Waals surface area contributed by atoms with Crippen molar-refractivity contribution in [3.63, 3.8) is 0 Å². The monoisotopic (exact) mass is 245 g/mol. The average Bonchev–Trinajstić information content (AvgIpc) is 2.71. The molecular weight excluding hydrogens is 222 g/mol. The van der Waals surface area contributed by atoms with Crippen molar-refractivity contribution in [3.05, 3.63) is 0 Å². The van der Waals surface area contributed by atoms with Crippen LogP contribution in [-0.2, 0) is 4.74 Å². The topological polar surface area (TPSA) is 100 Å². The number of nitrogens with two attached hydrogens (primary N) is 1. The van der Waals surface area contributed by atoms with E-state index in [1.165, 1.54) is 0 Å². The second-order valence-electron chi connectivity index (χ2n) is 5.32. The van der Waals surface area contributed by atoms with E-state index in [0.717, 1.165) is 6.42 Å². The number of nitrogens with one attached hydrogen (secondary N) is 1. The predicted octanol–water partition coefficient (Wildman–Crippen LogP) is -0.110. The van der Waals surface area contributed by atoms with Crippen LogP contribution in [0.25, 0.3) is 0 Å². The third kappa shape index (κ3) is 4.14. The van der Waals surface area contributed by atoms with Gasteiger partial charge in [-0.15, -0.1) is 0 Å². The minimum atomic E-state index is -0.735. The van der Waals surface area contributed by atoms with Gasteiger partial charge in [-0.3, -0.25) is 0 Å². The lowest BCUT2D eigenvalue weighted by molar-refractivity contribution is 0.0269. The molecule has 1 fully saturated rings. The Kier molecular flexibility index (Phi) is 4.73. The molecule has 1 atom stereocenters. The van der Waals surface area contributed by atoms with Gasteiger partial charge in [0.25, 0.3) is 0 Å². The Morgan fingerprint density at radius 1 is 1.59 bits per heavy atom. The van der Waals surface area contributed by atoms with Gasteiger partial charge in [0.15, 0.2) is 0 Å². The molecule has 0 radical (unpaired) electrons. The fourth-order valence-corrected chi connectivity index (χ4v) is 1.72. The van der Waals surface area contributed by atoms with Crippen molar-refractivity contribution >= 4 is 5.84 Å². The summed E-state index contributed by atoms with van der Waals surface area (Å²) in [6.45, 7) is 6.05. The van der Waals surface area contributed by atoms with Crippen LogP contribution in [0.2, 0.25) is 0 Å². The molecule has 0 aromatic rings. The Hall–Kier alpha value is -0.850. The van der Waals surface area contributed by atoms with Crippen LogP contribution in [0, 0.1) is 5.41 Å². The summed E-state index contributed by atoms with van der Waals surface area (Å²) in [5.74, 6) is 0.224. The molecule has 6 heteroatoms. The molecule has 0 saturated carbocycles. The second-order valence-corrected chi connectivity index (χ2v) is 5.32. The molecule has 0 bridgehead atoms. The van der Waals surface area contributed by atoms with E-state index in [-0.39, 0.29) is 11.3 Å². The lowest BCUT2D eigenvalue weighted by Gasteiger charge is -2.25. The van der Waals surface area contributed by atoms with Gasteiger partial charge in [-0.1, -0.05) is 19.0 Å². The van der Waals surface area contributed by atoms with E-state index < -0.39 is 5.60 Å². The number of nitrogens with zero attached hydrogens (tertiary/aromatic N) is 1. The Bertz CT molecular complexity index is 273. The van der Waals surface area contributed by atoms with Crippen molar-refractivity contribution in [3.8, 4) is 0 Å². The first-order valence-corrected chi connectivity index (χ1v) is 5.88. The van der Waals surface area contributed by atoms with Crippen molar-refractivity contribution < 1.29 is 15.1 Å². The zero-order valence-electron chi connectivity index (χ0n) is 10.6. The second kappa shape index (κ2) is 5.66. The number of aliphatic hydroxyl groups is 1. The van der Waals surface area contributed by atoms with E-state index in [2.05, 4.69) is 10.5 Å².